The third-order valence-corrected chi connectivity index (χ3v) is 5.87. The normalized spacial score (nSPS) is 14.5. The van der Waals surface area contributed by atoms with Gasteiger partial charge in [0, 0.05) is 36.7 Å². The highest BCUT2D eigenvalue weighted by Gasteiger charge is 2.19. The summed E-state index contributed by atoms with van der Waals surface area (Å²) >= 11 is 0. The molecule has 4 rings (SSSR count). The highest BCUT2D eigenvalue weighted by atomic mass is 16.2. The van der Waals surface area contributed by atoms with E-state index < -0.39 is 0 Å². The molecule has 4 nitrogen and oxygen atoms in total. The van der Waals surface area contributed by atoms with Gasteiger partial charge >= 0.3 is 0 Å². The minimum Gasteiger partial charge on any atom is -0.361 e. The Morgan fingerprint density at radius 2 is 1.82 bits per heavy atom. The number of carbonyl (C=O) groups excluding carboxylic acids is 1. The van der Waals surface area contributed by atoms with Gasteiger partial charge in [-0.1, -0.05) is 42.5 Å². The molecular formula is C24H29N3O. The fourth-order valence-corrected chi connectivity index (χ4v) is 4.16. The number of H-pyrrole nitrogens is 1. The van der Waals surface area contributed by atoms with E-state index in [0.717, 1.165) is 45.4 Å². The zero-order valence-corrected chi connectivity index (χ0v) is 16.7. The molecular weight excluding hydrogens is 346 g/mol. The van der Waals surface area contributed by atoms with Crippen LogP contribution in [0.25, 0.3) is 10.9 Å². The van der Waals surface area contributed by atoms with Crippen molar-refractivity contribution in [1.82, 2.24) is 14.8 Å². The summed E-state index contributed by atoms with van der Waals surface area (Å²) in [5, 5.41) is 1.32. The Morgan fingerprint density at radius 1 is 1.04 bits per heavy atom. The molecule has 0 atom stereocenters. The van der Waals surface area contributed by atoms with Crippen molar-refractivity contribution < 1.29 is 4.79 Å². The van der Waals surface area contributed by atoms with E-state index in [1.54, 1.807) is 0 Å². The molecule has 1 aliphatic rings. The van der Waals surface area contributed by atoms with Gasteiger partial charge in [0.2, 0.25) is 5.91 Å². The van der Waals surface area contributed by atoms with Crippen molar-refractivity contribution in [1.29, 1.82) is 0 Å². The van der Waals surface area contributed by atoms with Crippen molar-refractivity contribution in [3.8, 4) is 0 Å². The highest BCUT2D eigenvalue weighted by molar-refractivity contribution is 5.83. The molecule has 0 spiro atoms. The summed E-state index contributed by atoms with van der Waals surface area (Å²) < 4.78 is 0. The van der Waals surface area contributed by atoms with Gasteiger partial charge in [-0.3, -0.25) is 4.79 Å². The second-order valence-electron chi connectivity index (χ2n) is 7.84. The van der Waals surface area contributed by atoms with Gasteiger partial charge in [-0.05, 0) is 55.6 Å². The molecule has 2 aromatic carbocycles. The summed E-state index contributed by atoms with van der Waals surface area (Å²) in [5.41, 5.74) is 5.11. The number of fused-ring (bicyclic) bond motifs is 2. The average molecular weight is 376 g/mol. The third-order valence-electron chi connectivity index (χ3n) is 5.87. The topological polar surface area (TPSA) is 39.3 Å². The number of hydrogen-bond donors (Lipinski definition) is 1. The summed E-state index contributed by atoms with van der Waals surface area (Å²) in [6.45, 7) is 3.74. The van der Waals surface area contributed by atoms with E-state index in [2.05, 4.69) is 65.6 Å². The number of hydrogen-bond acceptors (Lipinski definition) is 2. The third kappa shape index (κ3) is 4.28. The van der Waals surface area contributed by atoms with E-state index in [4.69, 9.17) is 0 Å². The molecule has 0 saturated heterocycles. The maximum Gasteiger partial charge on any atom is 0.227 e. The van der Waals surface area contributed by atoms with Gasteiger partial charge in [-0.15, -0.1) is 0 Å². The van der Waals surface area contributed by atoms with Gasteiger partial charge in [0.05, 0.1) is 6.42 Å². The zero-order valence-electron chi connectivity index (χ0n) is 16.7. The number of aromatic amines is 1. The Hall–Kier alpha value is -2.59. The lowest BCUT2D eigenvalue weighted by atomic mass is 10.0. The maximum absolute atomic E-state index is 12.6. The first-order valence-electron chi connectivity index (χ1n) is 10.3. The molecule has 1 aromatic heterocycles. The molecule has 4 heteroatoms. The molecule has 0 saturated carbocycles. The van der Waals surface area contributed by atoms with Gasteiger partial charge in [-0.25, -0.2) is 0 Å². The van der Waals surface area contributed by atoms with Gasteiger partial charge in [0.25, 0.3) is 0 Å². The van der Waals surface area contributed by atoms with Crippen molar-refractivity contribution in [2.75, 3.05) is 33.2 Å². The van der Waals surface area contributed by atoms with Crippen LogP contribution in [0.3, 0.4) is 0 Å². The van der Waals surface area contributed by atoms with Crippen LogP contribution < -0.4 is 0 Å². The molecule has 2 heterocycles. The SMILES string of the molecule is CN(CCCN1CCc2ccccc2CC1=O)CCc1c[nH]c2ccccc12. The number of para-hydroxylation sites is 1. The summed E-state index contributed by atoms with van der Waals surface area (Å²) in [5.74, 6) is 0.270. The first-order valence-corrected chi connectivity index (χ1v) is 10.3. The van der Waals surface area contributed by atoms with Crippen LogP contribution >= 0.6 is 0 Å². The molecule has 0 fully saturated rings. The minimum absolute atomic E-state index is 0.270. The van der Waals surface area contributed by atoms with Crippen LogP contribution in [0.2, 0.25) is 0 Å². The zero-order chi connectivity index (χ0) is 19.3. The lowest BCUT2D eigenvalue weighted by molar-refractivity contribution is -0.130. The molecule has 28 heavy (non-hydrogen) atoms. The van der Waals surface area contributed by atoms with Crippen LogP contribution in [0.4, 0.5) is 0 Å². The Balaban J connectivity index is 1.23. The first-order chi connectivity index (χ1) is 13.7. The fourth-order valence-electron chi connectivity index (χ4n) is 4.16. The second-order valence-corrected chi connectivity index (χ2v) is 7.84. The van der Waals surface area contributed by atoms with Crippen LogP contribution in [-0.4, -0.2) is 53.9 Å². The van der Waals surface area contributed by atoms with Crippen molar-refractivity contribution in [3.05, 3.63) is 71.4 Å². The maximum atomic E-state index is 12.6. The average Bonchev–Trinajstić information content (AvgIpc) is 3.05. The Labute approximate surface area is 167 Å². The number of nitrogens with one attached hydrogen (secondary N) is 1. The Bertz CT molecular complexity index is 946. The van der Waals surface area contributed by atoms with Gasteiger partial charge in [0.1, 0.15) is 0 Å². The Morgan fingerprint density at radius 3 is 2.71 bits per heavy atom. The molecule has 0 radical (unpaired) electrons. The molecule has 1 N–H and O–H groups in total. The molecule has 0 unspecified atom stereocenters. The Kier molecular flexibility index (Phi) is 5.77. The van der Waals surface area contributed by atoms with E-state index in [-0.39, 0.29) is 5.91 Å². The first kappa shape index (κ1) is 18.8. The van der Waals surface area contributed by atoms with E-state index in [1.807, 2.05) is 11.0 Å². The number of aromatic nitrogens is 1. The van der Waals surface area contributed by atoms with Crippen LogP contribution in [0.5, 0.6) is 0 Å². The second kappa shape index (κ2) is 8.61. The summed E-state index contributed by atoms with van der Waals surface area (Å²) in [4.78, 5) is 20.3. The van der Waals surface area contributed by atoms with Crippen molar-refractivity contribution >= 4 is 16.8 Å². The molecule has 1 aliphatic heterocycles. The quantitative estimate of drug-likeness (QED) is 0.684. The number of rotatable bonds is 7. The summed E-state index contributed by atoms with van der Waals surface area (Å²) in [6, 6.07) is 16.8. The van der Waals surface area contributed by atoms with Crippen LogP contribution in [0.1, 0.15) is 23.1 Å². The predicted octanol–water partition coefficient (Wildman–Crippen LogP) is 3.66. The van der Waals surface area contributed by atoms with E-state index >= 15 is 0 Å². The largest absolute Gasteiger partial charge is 0.361 e. The number of benzene rings is 2. The fraction of sp³-hybridized carbons (Fsp3) is 0.375. The summed E-state index contributed by atoms with van der Waals surface area (Å²) in [6.07, 6.45) is 5.71. The van der Waals surface area contributed by atoms with Crippen molar-refractivity contribution in [2.24, 2.45) is 0 Å². The monoisotopic (exact) mass is 375 g/mol. The number of nitrogens with zero attached hydrogens (tertiary/aromatic N) is 2. The molecule has 3 aromatic rings. The van der Waals surface area contributed by atoms with Crippen molar-refractivity contribution in [3.63, 3.8) is 0 Å². The van der Waals surface area contributed by atoms with Crippen LogP contribution in [-0.2, 0) is 24.1 Å². The smallest absolute Gasteiger partial charge is 0.227 e. The van der Waals surface area contributed by atoms with Crippen molar-refractivity contribution in [2.45, 2.75) is 25.7 Å². The van der Waals surface area contributed by atoms with E-state index in [1.165, 1.54) is 27.6 Å². The number of amides is 1. The van der Waals surface area contributed by atoms with E-state index in [9.17, 15) is 4.79 Å². The standard InChI is InChI=1S/C24H29N3O/c1-26(15-11-21-18-25-23-10-5-4-9-22(21)23)13-6-14-27-16-12-19-7-2-3-8-20(19)17-24(27)28/h2-5,7-10,18,25H,6,11-17H2,1H3. The number of likely N-dealkylation sites (N-methyl/N-ethyl adjacent to an activating group) is 1. The van der Waals surface area contributed by atoms with Crippen LogP contribution in [0, 0.1) is 0 Å². The highest BCUT2D eigenvalue weighted by Crippen LogP contribution is 2.19. The van der Waals surface area contributed by atoms with Gasteiger partial charge in [0.15, 0.2) is 0 Å². The summed E-state index contributed by atoms with van der Waals surface area (Å²) in [7, 11) is 2.18. The number of carbonyl (C=O) groups is 1. The molecule has 0 bridgehead atoms. The van der Waals surface area contributed by atoms with Crippen LogP contribution in [0.15, 0.2) is 54.7 Å². The molecule has 1 amide bonds. The lowest BCUT2D eigenvalue weighted by Gasteiger charge is -2.22. The van der Waals surface area contributed by atoms with E-state index in [0.29, 0.717) is 6.42 Å². The van der Waals surface area contributed by atoms with Gasteiger partial charge < -0.3 is 14.8 Å². The lowest BCUT2D eigenvalue weighted by Crippen LogP contribution is -2.35. The molecule has 146 valence electrons. The predicted molar refractivity (Wildman–Crippen MR) is 115 cm³/mol. The van der Waals surface area contributed by atoms with Gasteiger partial charge in [-0.2, -0.15) is 0 Å². The minimum atomic E-state index is 0.270. The molecule has 0 aliphatic carbocycles.